The molecule has 0 aliphatic carbocycles. The fourth-order valence-corrected chi connectivity index (χ4v) is 3.01. The topological polar surface area (TPSA) is 67.1 Å². The maximum Gasteiger partial charge on any atom is 0.191 e. The zero-order valence-electron chi connectivity index (χ0n) is 16.1. The van der Waals surface area contributed by atoms with Crippen molar-refractivity contribution in [2.24, 2.45) is 4.99 Å². The molecule has 2 aromatic heterocycles. The molecule has 0 fully saturated rings. The summed E-state index contributed by atoms with van der Waals surface area (Å²) in [6.45, 7) is 6.56. The number of halogens is 1. The summed E-state index contributed by atoms with van der Waals surface area (Å²) in [5.41, 5.74) is 4.47. The molecule has 0 saturated carbocycles. The van der Waals surface area contributed by atoms with Gasteiger partial charge in [-0.25, -0.2) is 4.98 Å². The molecule has 6 nitrogen and oxygen atoms in total. The largest absolute Gasteiger partial charge is 0.356 e. The first-order chi connectivity index (χ1) is 12.7. The predicted molar refractivity (Wildman–Crippen MR) is 122 cm³/mol. The average Bonchev–Trinajstić information content (AvgIpc) is 2.97. The molecule has 0 spiro atoms. The molecule has 0 atom stereocenters. The lowest BCUT2D eigenvalue weighted by atomic mass is 10.2. The van der Waals surface area contributed by atoms with E-state index < -0.39 is 0 Å². The van der Waals surface area contributed by atoms with Crippen LogP contribution in [0.2, 0.25) is 0 Å². The molecule has 27 heavy (non-hydrogen) atoms. The lowest BCUT2D eigenvalue weighted by Crippen LogP contribution is -2.37. The summed E-state index contributed by atoms with van der Waals surface area (Å²) in [7, 11) is 1.79. The molecule has 7 heteroatoms. The maximum absolute atomic E-state index is 4.61. The minimum Gasteiger partial charge on any atom is -0.356 e. The van der Waals surface area contributed by atoms with Crippen LogP contribution in [0.25, 0.3) is 11.0 Å². The molecular formula is C20H27IN6. The number of pyridine rings is 1. The Morgan fingerprint density at radius 2 is 1.93 bits per heavy atom. The van der Waals surface area contributed by atoms with E-state index in [1.807, 2.05) is 18.3 Å². The third-order valence-electron chi connectivity index (χ3n) is 4.46. The summed E-state index contributed by atoms with van der Waals surface area (Å²) in [6, 6.07) is 12.3. The van der Waals surface area contributed by atoms with E-state index in [0.717, 1.165) is 42.5 Å². The van der Waals surface area contributed by atoms with Gasteiger partial charge < -0.3 is 15.2 Å². The number of rotatable bonds is 6. The van der Waals surface area contributed by atoms with Crippen LogP contribution in [-0.4, -0.2) is 34.1 Å². The van der Waals surface area contributed by atoms with E-state index in [2.05, 4.69) is 68.3 Å². The molecule has 2 N–H and O–H groups in total. The van der Waals surface area contributed by atoms with Crippen molar-refractivity contribution in [3.63, 3.8) is 0 Å². The van der Waals surface area contributed by atoms with Crippen molar-refractivity contribution in [1.29, 1.82) is 0 Å². The van der Waals surface area contributed by atoms with Crippen LogP contribution in [0.5, 0.6) is 0 Å². The highest BCUT2D eigenvalue weighted by molar-refractivity contribution is 14.0. The van der Waals surface area contributed by atoms with Gasteiger partial charge in [-0.3, -0.25) is 9.98 Å². The minimum absolute atomic E-state index is 0. The Bertz CT molecular complexity index is 902. The van der Waals surface area contributed by atoms with E-state index in [1.165, 1.54) is 11.1 Å². The Kier molecular flexibility index (Phi) is 8.02. The number of aliphatic imine (C=N–C) groups is 1. The minimum atomic E-state index is 0. The van der Waals surface area contributed by atoms with Gasteiger partial charge in [0, 0.05) is 26.3 Å². The standard InChI is InChI=1S/C20H26N6.HI/c1-15-8-6-11-22-18(15)14-24-20(21-3)23-12-7-13-26-16(2)25-17-9-4-5-10-19(17)26;/h4-6,8-11H,7,12-14H2,1-3H3,(H2,21,23,24);1H. The van der Waals surface area contributed by atoms with E-state index in [0.29, 0.717) is 6.54 Å². The van der Waals surface area contributed by atoms with Gasteiger partial charge in [0.1, 0.15) is 5.82 Å². The van der Waals surface area contributed by atoms with Crippen LogP contribution < -0.4 is 10.6 Å². The molecule has 144 valence electrons. The molecule has 0 radical (unpaired) electrons. The quantitative estimate of drug-likeness (QED) is 0.247. The Labute approximate surface area is 177 Å². The summed E-state index contributed by atoms with van der Waals surface area (Å²) >= 11 is 0. The normalized spacial score (nSPS) is 11.3. The number of hydrogen-bond acceptors (Lipinski definition) is 3. The van der Waals surface area contributed by atoms with E-state index in [1.54, 1.807) is 7.05 Å². The van der Waals surface area contributed by atoms with Gasteiger partial charge in [-0.15, -0.1) is 24.0 Å². The predicted octanol–water partition coefficient (Wildman–Crippen LogP) is 3.42. The molecule has 3 aromatic rings. The number of para-hydroxylation sites is 2. The lowest BCUT2D eigenvalue weighted by Gasteiger charge is -2.13. The van der Waals surface area contributed by atoms with Gasteiger partial charge >= 0.3 is 0 Å². The average molecular weight is 478 g/mol. The Morgan fingerprint density at radius 1 is 1.11 bits per heavy atom. The fourth-order valence-electron chi connectivity index (χ4n) is 3.01. The van der Waals surface area contributed by atoms with Gasteiger partial charge in [-0.05, 0) is 44.0 Å². The highest BCUT2D eigenvalue weighted by Crippen LogP contribution is 2.15. The molecule has 0 bridgehead atoms. The molecule has 0 saturated heterocycles. The number of aryl methyl sites for hydroxylation is 3. The van der Waals surface area contributed by atoms with Crippen LogP contribution in [0.4, 0.5) is 0 Å². The number of nitrogens with one attached hydrogen (secondary N) is 2. The van der Waals surface area contributed by atoms with Crippen molar-refractivity contribution in [1.82, 2.24) is 25.2 Å². The third kappa shape index (κ3) is 5.41. The van der Waals surface area contributed by atoms with E-state index in [-0.39, 0.29) is 24.0 Å². The first kappa shape index (κ1) is 21.1. The molecule has 0 aliphatic rings. The first-order valence-corrected chi connectivity index (χ1v) is 8.96. The highest BCUT2D eigenvalue weighted by Gasteiger charge is 2.06. The molecular weight excluding hydrogens is 451 g/mol. The summed E-state index contributed by atoms with van der Waals surface area (Å²) in [4.78, 5) is 13.3. The molecule has 2 heterocycles. The zero-order valence-corrected chi connectivity index (χ0v) is 18.4. The number of nitrogens with zero attached hydrogens (tertiary/aromatic N) is 4. The van der Waals surface area contributed by atoms with Gasteiger partial charge in [-0.1, -0.05) is 18.2 Å². The second-order valence-electron chi connectivity index (χ2n) is 6.27. The Balaban J connectivity index is 0.00000261. The zero-order chi connectivity index (χ0) is 18.4. The maximum atomic E-state index is 4.61. The summed E-state index contributed by atoms with van der Waals surface area (Å²) in [6.07, 6.45) is 2.81. The molecule has 0 aliphatic heterocycles. The van der Waals surface area contributed by atoms with E-state index in [9.17, 15) is 0 Å². The van der Waals surface area contributed by atoms with Crippen molar-refractivity contribution in [2.45, 2.75) is 33.4 Å². The highest BCUT2D eigenvalue weighted by atomic mass is 127. The van der Waals surface area contributed by atoms with Crippen molar-refractivity contribution >= 4 is 41.0 Å². The molecule has 0 amide bonds. The monoisotopic (exact) mass is 478 g/mol. The second kappa shape index (κ2) is 10.2. The first-order valence-electron chi connectivity index (χ1n) is 8.96. The lowest BCUT2D eigenvalue weighted by molar-refractivity contribution is 0.623. The molecule has 1 aromatic carbocycles. The Morgan fingerprint density at radius 3 is 2.70 bits per heavy atom. The summed E-state index contributed by atoms with van der Waals surface area (Å²) in [5.74, 6) is 1.85. The van der Waals surface area contributed by atoms with Crippen LogP contribution in [0.15, 0.2) is 47.6 Å². The smallest absolute Gasteiger partial charge is 0.191 e. The number of hydrogen-bond donors (Lipinski definition) is 2. The van der Waals surface area contributed by atoms with Crippen molar-refractivity contribution in [3.05, 3.63) is 59.7 Å². The Hall–Kier alpha value is -2.16. The van der Waals surface area contributed by atoms with Crippen molar-refractivity contribution in [3.8, 4) is 0 Å². The SMILES string of the molecule is CN=C(NCCCn1c(C)nc2ccccc21)NCc1ncccc1C.I. The molecule has 0 unspecified atom stereocenters. The summed E-state index contributed by atoms with van der Waals surface area (Å²) in [5, 5.41) is 6.68. The number of benzene rings is 1. The van der Waals surface area contributed by atoms with Crippen LogP contribution >= 0.6 is 24.0 Å². The van der Waals surface area contributed by atoms with Gasteiger partial charge in [-0.2, -0.15) is 0 Å². The van der Waals surface area contributed by atoms with Gasteiger partial charge in [0.2, 0.25) is 0 Å². The van der Waals surface area contributed by atoms with Crippen molar-refractivity contribution in [2.75, 3.05) is 13.6 Å². The summed E-state index contributed by atoms with van der Waals surface area (Å²) < 4.78 is 2.27. The number of aromatic nitrogens is 3. The number of guanidine groups is 1. The van der Waals surface area contributed by atoms with Crippen molar-refractivity contribution < 1.29 is 0 Å². The van der Waals surface area contributed by atoms with Gasteiger partial charge in [0.25, 0.3) is 0 Å². The van der Waals surface area contributed by atoms with E-state index in [4.69, 9.17) is 0 Å². The second-order valence-corrected chi connectivity index (χ2v) is 6.27. The van der Waals surface area contributed by atoms with Gasteiger partial charge in [0.05, 0.1) is 23.3 Å². The molecule has 3 rings (SSSR count). The third-order valence-corrected chi connectivity index (χ3v) is 4.46. The van der Waals surface area contributed by atoms with Crippen LogP contribution in [0, 0.1) is 13.8 Å². The van der Waals surface area contributed by atoms with Crippen LogP contribution in [0.3, 0.4) is 0 Å². The van der Waals surface area contributed by atoms with Gasteiger partial charge in [0.15, 0.2) is 5.96 Å². The van der Waals surface area contributed by atoms with E-state index >= 15 is 0 Å². The number of fused-ring (bicyclic) bond motifs is 1. The fraction of sp³-hybridized carbons (Fsp3) is 0.350. The number of imidazole rings is 1. The van der Waals surface area contributed by atoms with Crippen LogP contribution in [0.1, 0.15) is 23.5 Å². The van der Waals surface area contributed by atoms with Crippen LogP contribution in [-0.2, 0) is 13.1 Å².